The third-order valence-corrected chi connectivity index (χ3v) is 4.78. The molecule has 2 aromatic heterocycles. The van der Waals surface area contributed by atoms with Crippen LogP contribution in [0.2, 0.25) is 0 Å². The summed E-state index contributed by atoms with van der Waals surface area (Å²) in [4.78, 5) is 27.3. The first kappa shape index (κ1) is 14.3. The third-order valence-electron chi connectivity index (χ3n) is 4.78. The maximum Gasteiger partial charge on any atom is 0.225 e. The van der Waals surface area contributed by atoms with Crippen molar-refractivity contribution in [3.05, 3.63) is 42.7 Å². The maximum atomic E-state index is 12.4. The lowest BCUT2D eigenvalue weighted by Gasteiger charge is -2.33. The zero-order chi connectivity index (χ0) is 15.6. The number of nitrogens with zero attached hydrogens (tertiary/aromatic N) is 4. The van der Waals surface area contributed by atoms with Crippen molar-refractivity contribution in [2.45, 2.75) is 31.6 Å². The molecule has 5 nitrogen and oxygen atoms in total. The predicted molar refractivity (Wildman–Crippen MR) is 86.5 cm³/mol. The van der Waals surface area contributed by atoms with E-state index in [2.05, 4.69) is 15.0 Å². The van der Waals surface area contributed by atoms with Gasteiger partial charge in [0.1, 0.15) is 6.33 Å². The minimum atomic E-state index is 0.289. The Morgan fingerprint density at radius 3 is 2.74 bits per heavy atom. The fraction of sp³-hybridized carbons (Fsp3) is 0.444. The van der Waals surface area contributed by atoms with Crippen molar-refractivity contribution in [1.82, 2.24) is 19.9 Å². The summed E-state index contributed by atoms with van der Waals surface area (Å²) in [6, 6.07) is 3.97. The summed E-state index contributed by atoms with van der Waals surface area (Å²) in [5.41, 5.74) is 3.20. The van der Waals surface area contributed by atoms with Crippen LogP contribution in [0.4, 0.5) is 0 Å². The highest BCUT2D eigenvalue weighted by Crippen LogP contribution is 2.36. The number of hydrogen-bond acceptors (Lipinski definition) is 4. The highest BCUT2D eigenvalue weighted by Gasteiger charge is 2.36. The van der Waals surface area contributed by atoms with Crippen LogP contribution in [-0.4, -0.2) is 38.8 Å². The summed E-state index contributed by atoms with van der Waals surface area (Å²) in [7, 11) is 0. The fourth-order valence-corrected chi connectivity index (χ4v) is 3.41. The molecule has 1 unspecified atom stereocenters. The molecule has 1 saturated heterocycles. The molecule has 1 saturated carbocycles. The van der Waals surface area contributed by atoms with Crippen LogP contribution in [-0.2, 0) is 4.79 Å². The Hall–Kier alpha value is -2.30. The summed E-state index contributed by atoms with van der Waals surface area (Å²) in [5, 5.41) is 0. The molecular formula is C18H20N4O. The van der Waals surface area contributed by atoms with Crippen molar-refractivity contribution in [3.63, 3.8) is 0 Å². The summed E-state index contributed by atoms with van der Waals surface area (Å²) in [6.07, 6.45) is 11.3. The number of hydrogen-bond donors (Lipinski definition) is 0. The first-order chi connectivity index (χ1) is 11.3. The summed E-state index contributed by atoms with van der Waals surface area (Å²) < 4.78 is 0. The van der Waals surface area contributed by atoms with Crippen molar-refractivity contribution in [3.8, 4) is 11.1 Å². The van der Waals surface area contributed by atoms with E-state index in [1.807, 2.05) is 23.2 Å². The molecular weight excluding hydrogens is 288 g/mol. The lowest BCUT2D eigenvalue weighted by molar-refractivity contribution is -0.133. The number of carbonyl (C=O) groups excluding carboxylic acids is 1. The average molecular weight is 308 g/mol. The molecule has 1 aliphatic heterocycles. The lowest BCUT2D eigenvalue weighted by atomic mass is 9.90. The van der Waals surface area contributed by atoms with E-state index in [4.69, 9.17) is 0 Å². The van der Waals surface area contributed by atoms with Crippen molar-refractivity contribution in [2.75, 3.05) is 13.1 Å². The summed E-state index contributed by atoms with van der Waals surface area (Å²) in [5.74, 6) is 0.922. The first-order valence-electron chi connectivity index (χ1n) is 8.32. The maximum absolute atomic E-state index is 12.4. The molecule has 0 bridgehead atoms. The second-order valence-corrected chi connectivity index (χ2v) is 6.46. The monoisotopic (exact) mass is 308 g/mol. The molecule has 0 spiro atoms. The lowest BCUT2D eigenvalue weighted by Crippen LogP contribution is -2.40. The molecule has 4 rings (SSSR count). The van der Waals surface area contributed by atoms with Crippen LogP contribution in [0.3, 0.4) is 0 Å². The van der Waals surface area contributed by atoms with Crippen LogP contribution in [0, 0.1) is 5.92 Å². The predicted octanol–water partition coefficient (Wildman–Crippen LogP) is 2.65. The smallest absolute Gasteiger partial charge is 0.225 e. The molecule has 5 heteroatoms. The van der Waals surface area contributed by atoms with Crippen molar-refractivity contribution in [2.24, 2.45) is 5.92 Å². The second kappa shape index (κ2) is 6.07. The molecule has 118 valence electrons. The molecule has 1 atom stereocenters. The topological polar surface area (TPSA) is 59.0 Å². The highest BCUT2D eigenvalue weighted by molar-refractivity contribution is 5.81. The first-order valence-corrected chi connectivity index (χ1v) is 8.32. The Morgan fingerprint density at radius 1 is 1.13 bits per heavy atom. The fourth-order valence-electron chi connectivity index (χ4n) is 3.41. The molecule has 1 amide bonds. The molecule has 3 heterocycles. The number of piperidine rings is 1. The third kappa shape index (κ3) is 2.96. The number of rotatable bonds is 3. The minimum Gasteiger partial charge on any atom is -0.342 e. The standard InChI is InChI=1S/C18H20N4O/c23-18(14-3-4-14)22-9-1-2-15(11-22)17-16(10-20-12-21-17)13-5-7-19-8-6-13/h5-8,10,12,14-15H,1-4,9,11H2. The van der Waals surface area contributed by atoms with E-state index in [9.17, 15) is 4.79 Å². The largest absolute Gasteiger partial charge is 0.342 e. The second-order valence-electron chi connectivity index (χ2n) is 6.46. The Morgan fingerprint density at radius 2 is 1.96 bits per heavy atom. The zero-order valence-corrected chi connectivity index (χ0v) is 13.1. The van der Waals surface area contributed by atoms with E-state index < -0.39 is 0 Å². The normalized spacial score (nSPS) is 21.2. The quantitative estimate of drug-likeness (QED) is 0.874. The van der Waals surface area contributed by atoms with E-state index >= 15 is 0 Å². The van der Waals surface area contributed by atoms with Crippen LogP contribution in [0.1, 0.15) is 37.3 Å². The number of aromatic nitrogens is 3. The van der Waals surface area contributed by atoms with Crippen molar-refractivity contribution in [1.29, 1.82) is 0 Å². The van der Waals surface area contributed by atoms with Crippen LogP contribution in [0.5, 0.6) is 0 Å². The molecule has 2 aliphatic rings. The van der Waals surface area contributed by atoms with Gasteiger partial charge in [-0.25, -0.2) is 9.97 Å². The number of carbonyl (C=O) groups is 1. The molecule has 0 N–H and O–H groups in total. The Bertz CT molecular complexity index is 699. The number of amides is 1. The van der Waals surface area contributed by atoms with Crippen molar-refractivity contribution >= 4 is 5.91 Å². The highest BCUT2D eigenvalue weighted by atomic mass is 16.2. The van der Waals surface area contributed by atoms with Gasteiger partial charge in [0.05, 0.1) is 5.69 Å². The van der Waals surface area contributed by atoms with Crippen LogP contribution in [0.25, 0.3) is 11.1 Å². The molecule has 0 aromatic carbocycles. The van der Waals surface area contributed by atoms with Gasteiger partial charge in [0.25, 0.3) is 0 Å². The molecule has 1 aliphatic carbocycles. The molecule has 2 fully saturated rings. The molecule has 0 radical (unpaired) electrons. The van der Waals surface area contributed by atoms with Gasteiger partial charge in [0, 0.05) is 49.1 Å². The molecule has 2 aromatic rings. The molecule has 23 heavy (non-hydrogen) atoms. The average Bonchev–Trinajstić information content (AvgIpc) is 3.47. The Labute approximate surface area is 135 Å². The Balaban J connectivity index is 1.61. The van der Waals surface area contributed by atoms with E-state index in [0.717, 1.165) is 55.6 Å². The summed E-state index contributed by atoms with van der Waals surface area (Å²) in [6.45, 7) is 1.67. The van der Waals surface area contributed by atoms with Gasteiger partial charge in [0.2, 0.25) is 5.91 Å². The van der Waals surface area contributed by atoms with E-state index in [0.29, 0.717) is 11.8 Å². The van der Waals surface area contributed by atoms with E-state index in [1.54, 1.807) is 18.7 Å². The van der Waals surface area contributed by atoms with Gasteiger partial charge in [-0.1, -0.05) is 0 Å². The summed E-state index contributed by atoms with van der Waals surface area (Å²) >= 11 is 0. The Kier molecular flexibility index (Phi) is 3.77. The van der Waals surface area contributed by atoms with Gasteiger partial charge in [0.15, 0.2) is 0 Å². The zero-order valence-electron chi connectivity index (χ0n) is 13.1. The minimum absolute atomic E-state index is 0.289. The van der Waals surface area contributed by atoms with E-state index in [1.165, 1.54) is 0 Å². The van der Waals surface area contributed by atoms with Gasteiger partial charge >= 0.3 is 0 Å². The van der Waals surface area contributed by atoms with Crippen LogP contribution < -0.4 is 0 Å². The van der Waals surface area contributed by atoms with Gasteiger partial charge in [-0.05, 0) is 43.4 Å². The number of likely N-dealkylation sites (tertiary alicyclic amines) is 1. The van der Waals surface area contributed by atoms with E-state index in [-0.39, 0.29) is 5.92 Å². The SMILES string of the molecule is O=C(C1CC1)N1CCCC(c2ncncc2-c2ccncc2)C1. The van der Waals surface area contributed by atoms with Gasteiger partial charge in [-0.2, -0.15) is 0 Å². The van der Waals surface area contributed by atoms with Gasteiger partial charge < -0.3 is 4.90 Å². The van der Waals surface area contributed by atoms with Gasteiger partial charge in [-0.3, -0.25) is 9.78 Å². The van der Waals surface area contributed by atoms with Gasteiger partial charge in [-0.15, -0.1) is 0 Å². The van der Waals surface area contributed by atoms with Crippen molar-refractivity contribution < 1.29 is 4.79 Å². The number of pyridine rings is 1. The van der Waals surface area contributed by atoms with Crippen LogP contribution in [0.15, 0.2) is 37.1 Å². The van der Waals surface area contributed by atoms with Crippen LogP contribution >= 0.6 is 0 Å².